The molecule has 60 valence electrons. The number of nitrogens with zero attached hydrogens (tertiary/aromatic N) is 1. The zero-order chi connectivity index (χ0) is 8.43. The van der Waals surface area contributed by atoms with Gasteiger partial charge in [0.15, 0.2) is 0 Å². The molecule has 11 heavy (non-hydrogen) atoms. The quantitative estimate of drug-likeness (QED) is 0.659. The lowest BCUT2D eigenvalue weighted by molar-refractivity contribution is 0.410. The monoisotopic (exact) mass is 152 g/mol. The molecule has 0 spiro atoms. The van der Waals surface area contributed by atoms with Crippen molar-refractivity contribution in [3.05, 3.63) is 17.5 Å². The molecule has 0 saturated carbocycles. The average Bonchev–Trinajstić information content (AvgIpc) is 2.01. The summed E-state index contributed by atoms with van der Waals surface area (Å²) in [7, 11) is 1.61. The lowest BCUT2D eigenvalue weighted by Crippen LogP contribution is -1.98. The minimum absolute atomic E-state index is 0.712. The number of nitrogen functional groups attached to an aromatic ring is 1. The average molecular weight is 152 g/mol. The van der Waals surface area contributed by atoms with E-state index in [2.05, 4.69) is 4.98 Å². The Balaban J connectivity index is 3.25. The fourth-order valence-electron chi connectivity index (χ4n) is 0.932. The molecule has 0 fully saturated rings. The van der Waals surface area contributed by atoms with Crippen molar-refractivity contribution in [2.24, 2.45) is 0 Å². The van der Waals surface area contributed by atoms with Gasteiger partial charge in [0, 0.05) is 5.56 Å². The Morgan fingerprint density at radius 1 is 1.45 bits per heavy atom. The zero-order valence-corrected chi connectivity index (χ0v) is 7.01. The maximum atomic E-state index is 5.72. The van der Waals surface area contributed by atoms with E-state index in [9.17, 15) is 0 Å². The van der Waals surface area contributed by atoms with E-state index in [0.29, 0.717) is 5.69 Å². The number of rotatable bonds is 1. The molecule has 0 unspecified atom stereocenters. The molecular weight excluding hydrogens is 140 g/mol. The van der Waals surface area contributed by atoms with E-state index >= 15 is 0 Å². The minimum atomic E-state index is 0.712. The van der Waals surface area contributed by atoms with Gasteiger partial charge in [0.25, 0.3) is 0 Å². The number of aromatic nitrogens is 1. The Bertz CT molecular complexity index is 271. The van der Waals surface area contributed by atoms with Crippen LogP contribution >= 0.6 is 0 Å². The summed E-state index contributed by atoms with van der Waals surface area (Å²) in [6.45, 7) is 3.80. The first kappa shape index (κ1) is 7.85. The van der Waals surface area contributed by atoms with Crippen molar-refractivity contribution in [1.29, 1.82) is 0 Å². The van der Waals surface area contributed by atoms with Crippen LogP contribution in [0.2, 0.25) is 0 Å². The number of pyridine rings is 1. The molecule has 0 aliphatic carbocycles. The number of hydrogen-bond donors (Lipinski definition) is 1. The van der Waals surface area contributed by atoms with Gasteiger partial charge >= 0.3 is 0 Å². The molecule has 0 aromatic carbocycles. The second kappa shape index (κ2) is 2.78. The van der Waals surface area contributed by atoms with Crippen molar-refractivity contribution >= 4 is 5.69 Å². The second-order valence-electron chi connectivity index (χ2n) is 2.45. The van der Waals surface area contributed by atoms with Crippen LogP contribution in [0.1, 0.15) is 11.3 Å². The van der Waals surface area contributed by atoms with Crippen molar-refractivity contribution in [2.75, 3.05) is 12.8 Å². The predicted molar refractivity (Wildman–Crippen MR) is 44.7 cm³/mol. The van der Waals surface area contributed by atoms with Gasteiger partial charge in [-0.05, 0) is 13.8 Å². The standard InChI is InChI=1S/C8H12N2O/c1-5-7(11-3)4-10-6(2)8(5)9/h4H,9H2,1-3H3. The highest BCUT2D eigenvalue weighted by atomic mass is 16.5. The maximum Gasteiger partial charge on any atom is 0.142 e. The van der Waals surface area contributed by atoms with Crippen LogP contribution < -0.4 is 10.5 Å². The van der Waals surface area contributed by atoms with Crippen molar-refractivity contribution in [3.63, 3.8) is 0 Å². The third-order valence-electron chi connectivity index (χ3n) is 1.76. The number of hydrogen-bond acceptors (Lipinski definition) is 3. The highest BCUT2D eigenvalue weighted by Crippen LogP contribution is 2.23. The SMILES string of the molecule is COc1cnc(C)c(N)c1C. The predicted octanol–water partition coefficient (Wildman–Crippen LogP) is 1.29. The van der Waals surface area contributed by atoms with E-state index in [4.69, 9.17) is 10.5 Å². The van der Waals surface area contributed by atoms with Gasteiger partial charge in [-0.25, -0.2) is 0 Å². The van der Waals surface area contributed by atoms with Crippen LogP contribution in [0.4, 0.5) is 5.69 Å². The van der Waals surface area contributed by atoms with Crippen LogP contribution in [0.25, 0.3) is 0 Å². The molecule has 3 nitrogen and oxygen atoms in total. The van der Waals surface area contributed by atoms with Crippen LogP contribution in [-0.4, -0.2) is 12.1 Å². The van der Waals surface area contributed by atoms with Crippen LogP contribution in [-0.2, 0) is 0 Å². The molecule has 0 bridgehead atoms. The Morgan fingerprint density at radius 2 is 2.09 bits per heavy atom. The summed E-state index contributed by atoms with van der Waals surface area (Å²) < 4.78 is 5.04. The Hall–Kier alpha value is -1.25. The number of anilines is 1. The Labute approximate surface area is 66.2 Å². The van der Waals surface area contributed by atoms with Gasteiger partial charge < -0.3 is 10.5 Å². The van der Waals surface area contributed by atoms with E-state index in [0.717, 1.165) is 17.0 Å². The molecule has 1 aromatic heterocycles. The topological polar surface area (TPSA) is 48.1 Å². The van der Waals surface area contributed by atoms with Gasteiger partial charge in [-0.2, -0.15) is 0 Å². The van der Waals surface area contributed by atoms with E-state index in [1.807, 2.05) is 13.8 Å². The molecule has 0 amide bonds. The third kappa shape index (κ3) is 1.27. The first-order valence-corrected chi connectivity index (χ1v) is 3.42. The van der Waals surface area contributed by atoms with Gasteiger partial charge in [-0.3, -0.25) is 4.98 Å². The van der Waals surface area contributed by atoms with Crippen molar-refractivity contribution in [3.8, 4) is 5.75 Å². The first-order valence-electron chi connectivity index (χ1n) is 3.42. The Kier molecular flexibility index (Phi) is 1.98. The van der Waals surface area contributed by atoms with E-state index in [-0.39, 0.29) is 0 Å². The molecule has 1 heterocycles. The maximum absolute atomic E-state index is 5.72. The summed E-state index contributed by atoms with van der Waals surface area (Å²) in [5, 5.41) is 0. The highest BCUT2D eigenvalue weighted by Gasteiger charge is 2.04. The van der Waals surface area contributed by atoms with Crippen molar-refractivity contribution in [1.82, 2.24) is 4.98 Å². The van der Waals surface area contributed by atoms with Crippen LogP contribution in [0, 0.1) is 13.8 Å². The van der Waals surface area contributed by atoms with E-state index < -0.39 is 0 Å². The van der Waals surface area contributed by atoms with Gasteiger partial charge in [-0.15, -0.1) is 0 Å². The van der Waals surface area contributed by atoms with Crippen molar-refractivity contribution in [2.45, 2.75) is 13.8 Å². The van der Waals surface area contributed by atoms with Gasteiger partial charge in [0.1, 0.15) is 5.75 Å². The fourth-order valence-corrected chi connectivity index (χ4v) is 0.932. The zero-order valence-electron chi connectivity index (χ0n) is 7.01. The molecule has 0 atom stereocenters. The molecule has 0 aliphatic heterocycles. The number of methoxy groups -OCH3 is 1. The van der Waals surface area contributed by atoms with Gasteiger partial charge in [-0.1, -0.05) is 0 Å². The summed E-state index contributed by atoms with van der Waals surface area (Å²) in [6.07, 6.45) is 1.68. The summed E-state index contributed by atoms with van der Waals surface area (Å²) >= 11 is 0. The smallest absolute Gasteiger partial charge is 0.142 e. The van der Waals surface area contributed by atoms with E-state index in [1.54, 1.807) is 13.3 Å². The number of aryl methyl sites for hydroxylation is 1. The van der Waals surface area contributed by atoms with Gasteiger partial charge in [0.05, 0.1) is 24.7 Å². The molecule has 1 rings (SSSR count). The van der Waals surface area contributed by atoms with E-state index in [1.165, 1.54) is 0 Å². The van der Waals surface area contributed by atoms with Crippen molar-refractivity contribution < 1.29 is 4.74 Å². The third-order valence-corrected chi connectivity index (χ3v) is 1.76. The highest BCUT2D eigenvalue weighted by molar-refractivity contribution is 5.55. The van der Waals surface area contributed by atoms with Crippen LogP contribution in [0.5, 0.6) is 5.75 Å². The van der Waals surface area contributed by atoms with Gasteiger partial charge in [0.2, 0.25) is 0 Å². The molecule has 0 radical (unpaired) electrons. The summed E-state index contributed by atoms with van der Waals surface area (Å²) in [5.74, 6) is 0.744. The molecule has 0 saturated heterocycles. The summed E-state index contributed by atoms with van der Waals surface area (Å²) in [5.41, 5.74) is 8.24. The number of ether oxygens (including phenoxy) is 1. The van der Waals surface area contributed by atoms with Crippen LogP contribution in [0.3, 0.4) is 0 Å². The normalized spacial score (nSPS) is 9.73. The molecule has 3 heteroatoms. The number of nitrogens with two attached hydrogens (primary N) is 1. The molecular formula is C8H12N2O. The minimum Gasteiger partial charge on any atom is -0.495 e. The molecule has 1 aromatic rings. The molecule has 2 N–H and O–H groups in total. The second-order valence-corrected chi connectivity index (χ2v) is 2.45. The Morgan fingerprint density at radius 3 is 2.64 bits per heavy atom. The largest absolute Gasteiger partial charge is 0.495 e. The fraction of sp³-hybridized carbons (Fsp3) is 0.375. The lowest BCUT2D eigenvalue weighted by atomic mass is 10.2. The lowest BCUT2D eigenvalue weighted by Gasteiger charge is -2.07. The van der Waals surface area contributed by atoms with Crippen LogP contribution in [0.15, 0.2) is 6.20 Å². The molecule has 0 aliphatic rings. The summed E-state index contributed by atoms with van der Waals surface area (Å²) in [4.78, 5) is 4.06. The summed E-state index contributed by atoms with van der Waals surface area (Å²) in [6, 6.07) is 0. The first-order chi connectivity index (χ1) is 5.16.